The van der Waals surface area contributed by atoms with Gasteiger partial charge in [-0.25, -0.2) is 0 Å². The summed E-state index contributed by atoms with van der Waals surface area (Å²) in [7, 11) is 1.75. The number of hydrogen-bond acceptors (Lipinski definition) is 5. The number of carbonyl (C=O) groups excluding carboxylic acids is 2. The normalized spacial score (nSPS) is 14.5. The van der Waals surface area contributed by atoms with Crippen LogP contribution in [0.3, 0.4) is 0 Å². The molecule has 3 rings (SSSR count). The Morgan fingerprint density at radius 2 is 1.91 bits per heavy atom. The Kier molecular flexibility index (Phi) is 9.54. The van der Waals surface area contributed by atoms with Gasteiger partial charge in [0.15, 0.2) is 5.78 Å². The lowest BCUT2D eigenvalue weighted by atomic mass is 9.74. The molecule has 2 aromatic rings. The molecule has 1 aliphatic rings. The molecule has 1 heterocycles. The second-order valence-electron chi connectivity index (χ2n) is 10.4. The van der Waals surface area contributed by atoms with Gasteiger partial charge in [-0.2, -0.15) is 0 Å². The number of likely N-dealkylation sites (N-methyl/N-ethyl adjacent to an activating group) is 1. The quantitative estimate of drug-likeness (QED) is 0.311. The average molecular weight is 499 g/mol. The second kappa shape index (κ2) is 12.2. The minimum absolute atomic E-state index is 0.0367. The van der Waals surface area contributed by atoms with Crippen molar-refractivity contribution in [3.63, 3.8) is 0 Å². The first-order valence-corrected chi connectivity index (χ1v) is 13.8. The fraction of sp³-hybridized carbons (Fsp3) is 0.586. The number of carbonyl (C=O) groups is 2. The number of aryl methyl sites for hydroxylation is 4. The lowest BCUT2D eigenvalue weighted by Crippen LogP contribution is -2.34. The molecule has 1 amide bonds. The van der Waals surface area contributed by atoms with Gasteiger partial charge in [-0.05, 0) is 85.7 Å². The van der Waals surface area contributed by atoms with Crippen LogP contribution in [0.5, 0.6) is 5.75 Å². The summed E-state index contributed by atoms with van der Waals surface area (Å²) in [5.41, 5.74) is 6.55. The van der Waals surface area contributed by atoms with Crippen molar-refractivity contribution in [1.82, 2.24) is 10.6 Å². The fourth-order valence-corrected chi connectivity index (χ4v) is 6.32. The third kappa shape index (κ3) is 6.95. The molecular formula is C29H42N2O3S. The van der Waals surface area contributed by atoms with E-state index in [9.17, 15) is 9.59 Å². The number of thiophene rings is 1. The van der Waals surface area contributed by atoms with Crippen molar-refractivity contribution in [2.75, 3.05) is 26.7 Å². The summed E-state index contributed by atoms with van der Waals surface area (Å²) < 4.78 is 6.03. The highest BCUT2D eigenvalue weighted by atomic mass is 32.1. The Morgan fingerprint density at radius 3 is 2.60 bits per heavy atom. The molecule has 0 saturated heterocycles. The van der Waals surface area contributed by atoms with Gasteiger partial charge >= 0.3 is 0 Å². The number of amides is 1. The molecule has 0 atom stereocenters. The Morgan fingerprint density at radius 1 is 1.14 bits per heavy atom. The van der Waals surface area contributed by atoms with E-state index in [1.54, 1.807) is 18.4 Å². The van der Waals surface area contributed by atoms with Crippen molar-refractivity contribution in [3.8, 4) is 5.75 Å². The lowest BCUT2D eigenvalue weighted by Gasteiger charge is -2.30. The lowest BCUT2D eigenvalue weighted by molar-refractivity contribution is -0.120. The van der Waals surface area contributed by atoms with Crippen molar-refractivity contribution in [2.45, 2.75) is 79.6 Å². The highest BCUT2D eigenvalue weighted by Crippen LogP contribution is 2.42. The van der Waals surface area contributed by atoms with E-state index >= 15 is 0 Å². The zero-order valence-electron chi connectivity index (χ0n) is 22.4. The van der Waals surface area contributed by atoms with E-state index in [1.807, 2.05) is 0 Å². The van der Waals surface area contributed by atoms with Crippen LogP contribution in [-0.4, -0.2) is 38.4 Å². The van der Waals surface area contributed by atoms with E-state index in [0.717, 1.165) is 60.3 Å². The maximum absolute atomic E-state index is 13.3. The molecule has 5 nitrogen and oxygen atoms in total. The van der Waals surface area contributed by atoms with Crippen LogP contribution in [0.2, 0.25) is 0 Å². The van der Waals surface area contributed by atoms with Crippen LogP contribution in [-0.2, 0) is 36.9 Å². The summed E-state index contributed by atoms with van der Waals surface area (Å²) in [5, 5.41) is 5.68. The van der Waals surface area contributed by atoms with E-state index in [-0.39, 0.29) is 5.91 Å². The van der Waals surface area contributed by atoms with E-state index in [2.05, 4.69) is 57.4 Å². The molecule has 6 heteroatoms. The molecule has 0 aliphatic heterocycles. The largest absolute Gasteiger partial charge is 0.491 e. The minimum atomic E-state index is -0.0367. The predicted molar refractivity (Wildman–Crippen MR) is 145 cm³/mol. The topological polar surface area (TPSA) is 67.4 Å². The first-order chi connectivity index (χ1) is 16.7. The van der Waals surface area contributed by atoms with E-state index < -0.39 is 0 Å². The number of ether oxygens (including phenoxy) is 1. The summed E-state index contributed by atoms with van der Waals surface area (Å²) >= 11 is 1.75. The maximum atomic E-state index is 13.3. The molecule has 192 valence electrons. The van der Waals surface area contributed by atoms with Gasteiger partial charge in [-0.15, -0.1) is 11.3 Å². The molecule has 0 unspecified atom stereocenters. The highest BCUT2D eigenvalue weighted by Gasteiger charge is 2.31. The number of fused-ring (bicyclic) bond motifs is 1. The zero-order valence-corrected chi connectivity index (χ0v) is 23.2. The first-order valence-electron chi connectivity index (χ1n) is 13.0. The number of hydrogen-bond donors (Lipinski definition) is 2. The predicted octanol–water partition coefficient (Wildman–Crippen LogP) is 5.23. The SMILES string of the molecule is CCc1cc(CCC(=O)c2sc(CC)c3c2CCC(C)(C)C3)cc(C)c1OCCNC(=O)CNC. The Hall–Kier alpha value is -2.18. The summed E-state index contributed by atoms with van der Waals surface area (Å²) in [6, 6.07) is 4.32. The third-order valence-corrected chi connectivity index (χ3v) is 8.38. The average Bonchev–Trinajstić information content (AvgIpc) is 3.17. The molecule has 0 fully saturated rings. The van der Waals surface area contributed by atoms with Crippen molar-refractivity contribution < 1.29 is 14.3 Å². The van der Waals surface area contributed by atoms with E-state index in [0.29, 0.717) is 37.3 Å². The Labute approximate surface area is 215 Å². The van der Waals surface area contributed by atoms with Crippen molar-refractivity contribution >= 4 is 23.0 Å². The van der Waals surface area contributed by atoms with Gasteiger partial charge in [-0.3, -0.25) is 9.59 Å². The molecular weight excluding hydrogens is 456 g/mol. The molecule has 1 aromatic heterocycles. The van der Waals surface area contributed by atoms with E-state index in [1.165, 1.54) is 21.6 Å². The third-order valence-electron chi connectivity index (χ3n) is 6.92. The second-order valence-corrected chi connectivity index (χ2v) is 11.5. The standard InChI is InChI=1S/C29H42N2O3S/c1-7-21-16-20(15-19(3)27(21)34-14-13-31-26(33)18-30-6)9-10-24(32)28-22-11-12-29(4,5)17-23(22)25(8-2)35-28/h15-16,30H,7-14,17-18H2,1-6H3,(H,31,33). The Bertz CT molecular complexity index is 1050. The molecule has 2 N–H and O–H groups in total. The van der Waals surface area contributed by atoms with Crippen LogP contribution in [0.15, 0.2) is 12.1 Å². The maximum Gasteiger partial charge on any atom is 0.234 e. The van der Waals surface area contributed by atoms with Crippen molar-refractivity contribution in [3.05, 3.63) is 49.7 Å². The van der Waals surface area contributed by atoms with Crippen molar-refractivity contribution in [2.24, 2.45) is 5.41 Å². The summed E-state index contributed by atoms with van der Waals surface area (Å²) in [4.78, 5) is 27.3. The number of benzene rings is 1. The van der Waals surface area contributed by atoms with Crippen LogP contribution in [0.25, 0.3) is 0 Å². The minimum Gasteiger partial charge on any atom is -0.491 e. The zero-order chi connectivity index (χ0) is 25.6. The van der Waals surface area contributed by atoms with Gasteiger partial charge in [0.1, 0.15) is 12.4 Å². The Balaban J connectivity index is 1.65. The van der Waals surface area contributed by atoms with Gasteiger partial charge in [0.05, 0.1) is 18.0 Å². The van der Waals surface area contributed by atoms with Crippen LogP contribution in [0, 0.1) is 12.3 Å². The number of nitrogens with one attached hydrogen (secondary N) is 2. The fourth-order valence-electron chi connectivity index (χ4n) is 5.04. The van der Waals surface area contributed by atoms with Crippen LogP contribution in [0.1, 0.15) is 82.9 Å². The van der Waals surface area contributed by atoms with Gasteiger partial charge in [0.25, 0.3) is 0 Å². The van der Waals surface area contributed by atoms with Crippen molar-refractivity contribution in [1.29, 1.82) is 0 Å². The molecule has 1 aromatic carbocycles. The van der Waals surface area contributed by atoms with Gasteiger partial charge < -0.3 is 15.4 Å². The van der Waals surface area contributed by atoms with Crippen LogP contribution in [0.4, 0.5) is 0 Å². The number of rotatable bonds is 12. The summed E-state index contributed by atoms with van der Waals surface area (Å²) in [5.74, 6) is 1.15. The number of ketones is 1. The monoisotopic (exact) mass is 498 g/mol. The molecule has 35 heavy (non-hydrogen) atoms. The first kappa shape index (κ1) is 27.4. The smallest absolute Gasteiger partial charge is 0.234 e. The summed E-state index contributed by atoms with van der Waals surface area (Å²) in [6.07, 6.45) is 6.43. The molecule has 0 bridgehead atoms. The number of Topliss-reactive ketones (excluding diaryl/α,β-unsaturated/α-hetero) is 1. The highest BCUT2D eigenvalue weighted by molar-refractivity contribution is 7.14. The van der Waals surface area contributed by atoms with Gasteiger partial charge in [0.2, 0.25) is 5.91 Å². The van der Waals surface area contributed by atoms with Crippen LogP contribution >= 0.6 is 11.3 Å². The molecule has 1 aliphatic carbocycles. The van der Waals surface area contributed by atoms with Crippen LogP contribution < -0.4 is 15.4 Å². The van der Waals surface area contributed by atoms with E-state index in [4.69, 9.17) is 4.74 Å². The van der Waals surface area contributed by atoms with Gasteiger partial charge in [-0.1, -0.05) is 39.8 Å². The summed E-state index contributed by atoms with van der Waals surface area (Å²) in [6.45, 7) is 12.3. The molecule has 0 radical (unpaired) electrons. The molecule has 0 spiro atoms. The van der Waals surface area contributed by atoms with Gasteiger partial charge in [0, 0.05) is 11.3 Å². The molecule has 0 saturated carbocycles.